The number of fused-ring (bicyclic) bond motifs is 1. The van der Waals surface area contributed by atoms with Gasteiger partial charge in [0.25, 0.3) is 0 Å². The third kappa shape index (κ3) is 4.74. The minimum atomic E-state index is -0.867. The topological polar surface area (TPSA) is 119 Å². The molecule has 0 aliphatic heterocycles. The summed E-state index contributed by atoms with van der Waals surface area (Å²) >= 11 is 0. The van der Waals surface area contributed by atoms with Gasteiger partial charge in [-0.15, -0.1) is 0 Å². The van der Waals surface area contributed by atoms with E-state index in [1.807, 2.05) is 36.4 Å². The van der Waals surface area contributed by atoms with Gasteiger partial charge in [-0.3, -0.25) is 19.8 Å². The van der Waals surface area contributed by atoms with Crippen molar-refractivity contribution in [2.45, 2.75) is 32.1 Å². The summed E-state index contributed by atoms with van der Waals surface area (Å²) in [6.07, 6.45) is 2.00. The van der Waals surface area contributed by atoms with Crippen molar-refractivity contribution >= 4 is 28.4 Å². The van der Waals surface area contributed by atoms with Crippen LogP contribution >= 0.6 is 0 Å². The zero-order valence-corrected chi connectivity index (χ0v) is 16.4. The zero-order valence-electron chi connectivity index (χ0n) is 16.4. The van der Waals surface area contributed by atoms with Crippen LogP contribution in [-0.4, -0.2) is 29.9 Å². The number of methoxy groups -OCH3 is 1. The van der Waals surface area contributed by atoms with Gasteiger partial charge >= 0.3 is 5.97 Å². The molecular weight excluding hydrogens is 372 g/mol. The molecule has 2 aromatic carbocycles. The molecule has 0 aromatic heterocycles. The maximum atomic E-state index is 13.1. The quantitative estimate of drug-likeness (QED) is 0.286. The second-order valence-corrected chi connectivity index (χ2v) is 7.61. The number of hydrogen-bond acceptors (Lipinski definition) is 5. The van der Waals surface area contributed by atoms with E-state index < -0.39 is 11.9 Å². The molecule has 0 heterocycles. The van der Waals surface area contributed by atoms with Crippen LogP contribution in [0.2, 0.25) is 0 Å². The maximum Gasteiger partial charge on any atom is 0.306 e. The highest BCUT2D eigenvalue weighted by Crippen LogP contribution is 2.38. The molecule has 0 bridgehead atoms. The fourth-order valence-electron chi connectivity index (χ4n) is 4.27. The monoisotopic (exact) mass is 398 g/mol. The summed E-state index contributed by atoms with van der Waals surface area (Å²) in [5.74, 6) is 3.71. The molecule has 1 amide bonds. The SMILES string of the molecule is COc1ccc2cc(C(=O)C3CCC(C(=O)O)C(CCC(=O)NN)C3)ccc2c1. The van der Waals surface area contributed by atoms with E-state index in [1.54, 1.807) is 7.11 Å². The van der Waals surface area contributed by atoms with Crippen LogP contribution in [0.4, 0.5) is 0 Å². The van der Waals surface area contributed by atoms with E-state index in [0.717, 1.165) is 16.5 Å². The van der Waals surface area contributed by atoms with Gasteiger partial charge in [0.2, 0.25) is 5.91 Å². The molecule has 1 aliphatic carbocycles. The lowest BCUT2D eigenvalue weighted by atomic mass is 9.70. The summed E-state index contributed by atoms with van der Waals surface area (Å²) in [6.45, 7) is 0. The van der Waals surface area contributed by atoms with E-state index in [9.17, 15) is 19.5 Å². The lowest BCUT2D eigenvalue weighted by Crippen LogP contribution is -2.35. The average molecular weight is 398 g/mol. The van der Waals surface area contributed by atoms with Gasteiger partial charge in [0, 0.05) is 17.9 Å². The molecule has 3 rings (SSSR count). The van der Waals surface area contributed by atoms with Gasteiger partial charge in [-0.1, -0.05) is 18.2 Å². The molecule has 1 fully saturated rings. The van der Waals surface area contributed by atoms with Gasteiger partial charge < -0.3 is 9.84 Å². The first kappa shape index (κ1) is 20.8. The Morgan fingerprint density at radius 2 is 1.86 bits per heavy atom. The predicted octanol–water partition coefficient (Wildman–Crippen LogP) is 2.92. The number of nitrogens with one attached hydrogen (secondary N) is 1. The lowest BCUT2D eigenvalue weighted by Gasteiger charge is -2.33. The van der Waals surface area contributed by atoms with Crippen LogP contribution in [0.1, 0.15) is 42.5 Å². The van der Waals surface area contributed by atoms with Crippen LogP contribution in [0.15, 0.2) is 36.4 Å². The van der Waals surface area contributed by atoms with Crippen LogP contribution in [0, 0.1) is 17.8 Å². The number of rotatable bonds is 7. The highest BCUT2D eigenvalue weighted by Gasteiger charge is 2.37. The lowest BCUT2D eigenvalue weighted by molar-refractivity contribution is -0.145. The van der Waals surface area contributed by atoms with Gasteiger partial charge in [-0.2, -0.15) is 0 Å². The zero-order chi connectivity index (χ0) is 21.0. The molecule has 7 heteroatoms. The number of carboxylic acids is 1. The number of benzene rings is 2. The Bertz CT molecular complexity index is 927. The molecule has 154 valence electrons. The van der Waals surface area contributed by atoms with Crippen molar-refractivity contribution in [3.05, 3.63) is 42.0 Å². The van der Waals surface area contributed by atoms with E-state index >= 15 is 0 Å². The minimum absolute atomic E-state index is 0.0276. The molecule has 3 atom stereocenters. The van der Waals surface area contributed by atoms with Crippen molar-refractivity contribution in [1.29, 1.82) is 0 Å². The fourth-order valence-corrected chi connectivity index (χ4v) is 4.27. The number of ether oxygens (including phenoxy) is 1. The molecule has 2 aromatic rings. The normalized spacial score (nSPS) is 21.5. The number of carboxylic acid groups (broad SMARTS) is 1. The third-order valence-electron chi connectivity index (χ3n) is 5.91. The summed E-state index contributed by atoms with van der Waals surface area (Å²) in [6, 6.07) is 11.3. The van der Waals surface area contributed by atoms with Gasteiger partial charge in [0.05, 0.1) is 13.0 Å². The Labute approximate surface area is 169 Å². The van der Waals surface area contributed by atoms with Gasteiger partial charge in [-0.05, 0) is 60.6 Å². The summed E-state index contributed by atoms with van der Waals surface area (Å²) in [5, 5.41) is 11.5. The van der Waals surface area contributed by atoms with Crippen molar-refractivity contribution in [2.75, 3.05) is 7.11 Å². The Hall–Kier alpha value is -2.93. The van der Waals surface area contributed by atoms with E-state index in [-0.39, 0.29) is 29.9 Å². The Kier molecular flexibility index (Phi) is 6.49. The van der Waals surface area contributed by atoms with E-state index in [1.165, 1.54) is 0 Å². The smallest absolute Gasteiger partial charge is 0.306 e. The standard InChI is InChI=1S/C22H26N2O5/c1-29-18-7-4-13-10-16(3-2-14(13)12-18)21(26)17-5-8-19(22(27)28)15(11-17)6-9-20(25)24-23/h2-4,7,10,12,15,17,19H,5-6,8-9,11,23H2,1H3,(H,24,25)(H,27,28). The Morgan fingerprint density at radius 3 is 2.55 bits per heavy atom. The van der Waals surface area contributed by atoms with E-state index in [2.05, 4.69) is 5.43 Å². The van der Waals surface area contributed by atoms with Crippen molar-refractivity contribution in [3.8, 4) is 5.75 Å². The van der Waals surface area contributed by atoms with E-state index in [4.69, 9.17) is 10.6 Å². The van der Waals surface area contributed by atoms with Gasteiger partial charge in [0.1, 0.15) is 5.75 Å². The minimum Gasteiger partial charge on any atom is -0.497 e. The third-order valence-corrected chi connectivity index (χ3v) is 5.91. The molecule has 4 N–H and O–H groups in total. The van der Waals surface area contributed by atoms with E-state index in [0.29, 0.717) is 31.2 Å². The second-order valence-electron chi connectivity index (χ2n) is 7.61. The molecule has 7 nitrogen and oxygen atoms in total. The van der Waals surface area contributed by atoms with Crippen LogP contribution in [0.25, 0.3) is 10.8 Å². The molecule has 0 radical (unpaired) electrons. The highest BCUT2D eigenvalue weighted by molar-refractivity contribution is 6.01. The van der Waals surface area contributed by atoms with Gasteiger partial charge in [0.15, 0.2) is 5.78 Å². The number of carbonyl (C=O) groups is 3. The number of amides is 1. The molecule has 1 saturated carbocycles. The number of aliphatic carboxylic acids is 1. The predicted molar refractivity (Wildman–Crippen MR) is 108 cm³/mol. The van der Waals surface area contributed by atoms with Gasteiger partial charge in [-0.25, -0.2) is 5.84 Å². The molecule has 29 heavy (non-hydrogen) atoms. The first-order chi connectivity index (χ1) is 13.9. The fraction of sp³-hybridized carbons (Fsp3) is 0.409. The molecule has 1 aliphatic rings. The number of nitrogens with two attached hydrogens (primary N) is 1. The summed E-state index contributed by atoms with van der Waals surface area (Å²) in [7, 11) is 1.61. The Balaban J connectivity index is 1.76. The second kappa shape index (κ2) is 9.05. The van der Waals surface area contributed by atoms with Crippen molar-refractivity contribution < 1.29 is 24.2 Å². The molecular formula is C22H26N2O5. The number of hydrazine groups is 1. The average Bonchev–Trinajstić information content (AvgIpc) is 2.75. The highest BCUT2D eigenvalue weighted by atomic mass is 16.5. The largest absolute Gasteiger partial charge is 0.497 e. The number of carbonyl (C=O) groups excluding carboxylic acids is 2. The number of hydrogen-bond donors (Lipinski definition) is 3. The van der Waals surface area contributed by atoms with Crippen molar-refractivity contribution in [3.63, 3.8) is 0 Å². The van der Waals surface area contributed by atoms with Crippen LogP contribution in [0.3, 0.4) is 0 Å². The first-order valence-electron chi connectivity index (χ1n) is 9.77. The van der Waals surface area contributed by atoms with Crippen LogP contribution in [-0.2, 0) is 9.59 Å². The van der Waals surface area contributed by atoms with Crippen molar-refractivity contribution in [2.24, 2.45) is 23.6 Å². The molecule has 0 saturated heterocycles. The summed E-state index contributed by atoms with van der Waals surface area (Å²) < 4.78 is 5.23. The first-order valence-corrected chi connectivity index (χ1v) is 9.77. The van der Waals surface area contributed by atoms with Crippen LogP contribution in [0.5, 0.6) is 5.75 Å². The van der Waals surface area contributed by atoms with Crippen LogP contribution < -0.4 is 16.0 Å². The number of Topliss-reactive ketones (excluding diaryl/α,β-unsaturated/α-hetero) is 1. The Morgan fingerprint density at radius 1 is 1.14 bits per heavy atom. The summed E-state index contributed by atoms with van der Waals surface area (Å²) in [4.78, 5) is 36.2. The maximum absolute atomic E-state index is 13.1. The van der Waals surface area contributed by atoms with Crippen molar-refractivity contribution in [1.82, 2.24) is 5.43 Å². The summed E-state index contributed by atoms with van der Waals surface area (Å²) in [5.41, 5.74) is 2.70. The number of ketones is 1. The molecule has 0 spiro atoms. The molecule has 3 unspecified atom stereocenters.